The first-order chi connectivity index (χ1) is 14.1. The van der Waals surface area contributed by atoms with Crippen LogP contribution in [0, 0.1) is 0 Å². The molecule has 2 aromatic carbocycles. The summed E-state index contributed by atoms with van der Waals surface area (Å²) in [6, 6.07) is 16.9. The third-order valence-electron chi connectivity index (χ3n) is 4.75. The Morgan fingerprint density at radius 3 is 2.41 bits per heavy atom. The van der Waals surface area contributed by atoms with E-state index in [1.54, 1.807) is 11.0 Å². The number of halogens is 1. The van der Waals surface area contributed by atoms with Crippen LogP contribution >= 0.6 is 11.6 Å². The molecule has 1 amide bonds. The van der Waals surface area contributed by atoms with Gasteiger partial charge in [-0.25, -0.2) is 4.79 Å². The Hall–Kier alpha value is -2.57. The van der Waals surface area contributed by atoms with Crippen LogP contribution < -0.4 is 0 Å². The molecule has 3 rings (SSSR count). The summed E-state index contributed by atoms with van der Waals surface area (Å²) in [4.78, 5) is 28.2. The van der Waals surface area contributed by atoms with Gasteiger partial charge < -0.3 is 14.4 Å². The third-order valence-corrected chi connectivity index (χ3v) is 5.12. The number of ether oxygens (including phenoxy) is 2. The molecule has 1 saturated heterocycles. The lowest BCUT2D eigenvalue weighted by molar-refractivity contribution is -0.146. The van der Waals surface area contributed by atoms with Gasteiger partial charge in [0.2, 0.25) is 0 Å². The Labute approximate surface area is 176 Å². The molecule has 0 radical (unpaired) electrons. The van der Waals surface area contributed by atoms with Crippen molar-refractivity contribution in [1.29, 1.82) is 0 Å². The third kappa shape index (κ3) is 6.76. The molecule has 2 aromatic rings. The predicted molar refractivity (Wildman–Crippen MR) is 111 cm³/mol. The Bertz CT molecular complexity index is 815. The standard InChI is InChI=1S/C22H25ClN2O4/c23-20-10-5-4-9-19(20)17-29-22(27)25-12-6-11-24(13-14-25)15-21(26)28-16-18-7-2-1-3-8-18/h1-5,7-10H,6,11-17H2. The SMILES string of the molecule is O=C(CN1CCCN(C(=O)OCc2ccccc2Cl)CC1)OCc1ccccc1. The summed E-state index contributed by atoms with van der Waals surface area (Å²) in [6.45, 7) is 3.06. The number of esters is 1. The Morgan fingerprint density at radius 2 is 1.62 bits per heavy atom. The fourth-order valence-corrected chi connectivity index (χ4v) is 3.31. The molecular formula is C22H25ClN2O4. The van der Waals surface area contributed by atoms with Crippen LogP contribution in [-0.4, -0.2) is 54.6 Å². The van der Waals surface area contributed by atoms with Gasteiger partial charge in [-0.15, -0.1) is 0 Å². The van der Waals surface area contributed by atoms with E-state index in [1.165, 1.54) is 0 Å². The zero-order valence-electron chi connectivity index (χ0n) is 16.3. The predicted octanol–water partition coefficient (Wildman–Crippen LogP) is 3.73. The maximum absolute atomic E-state index is 12.4. The van der Waals surface area contributed by atoms with Crippen molar-refractivity contribution in [2.45, 2.75) is 19.6 Å². The van der Waals surface area contributed by atoms with Crippen molar-refractivity contribution < 1.29 is 19.1 Å². The van der Waals surface area contributed by atoms with Crippen molar-refractivity contribution in [1.82, 2.24) is 9.80 Å². The van der Waals surface area contributed by atoms with E-state index in [2.05, 4.69) is 0 Å². The fourth-order valence-electron chi connectivity index (χ4n) is 3.12. The summed E-state index contributed by atoms with van der Waals surface area (Å²) in [5, 5.41) is 0.580. The molecule has 1 aliphatic heterocycles. The first-order valence-electron chi connectivity index (χ1n) is 9.69. The van der Waals surface area contributed by atoms with Crippen molar-refractivity contribution in [3.8, 4) is 0 Å². The topological polar surface area (TPSA) is 59.1 Å². The molecule has 7 heteroatoms. The van der Waals surface area contributed by atoms with Gasteiger partial charge in [0.1, 0.15) is 13.2 Å². The number of carbonyl (C=O) groups excluding carboxylic acids is 2. The Kier molecular flexibility index (Phi) is 7.90. The number of nitrogens with zero attached hydrogens (tertiary/aromatic N) is 2. The Morgan fingerprint density at radius 1 is 0.862 bits per heavy atom. The van der Waals surface area contributed by atoms with E-state index < -0.39 is 0 Å². The van der Waals surface area contributed by atoms with E-state index in [4.69, 9.17) is 21.1 Å². The smallest absolute Gasteiger partial charge is 0.410 e. The van der Waals surface area contributed by atoms with Gasteiger partial charge in [-0.3, -0.25) is 9.69 Å². The van der Waals surface area contributed by atoms with Crippen LogP contribution in [-0.2, 0) is 27.5 Å². The molecule has 0 bridgehead atoms. The molecule has 29 heavy (non-hydrogen) atoms. The molecule has 0 atom stereocenters. The quantitative estimate of drug-likeness (QED) is 0.671. The van der Waals surface area contributed by atoms with Crippen LogP contribution in [0.5, 0.6) is 0 Å². The minimum atomic E-state index is -0.363. The zero-order chi connectivity index (χ0) is 20.5. The minimum Gasteiger partial charge on any atom is -0.460 e. The maximum atomic E-state index is 12.4. The highest BCUT2D eigenvalue weighted by Gasteiger charge is 2.22. The molecule has 0 unspecified atom stereocenters. The van der Waals surface area contributed by atoms with Gasteiger partial charge in [0.25, 0.3) is 0 Å². The van der Waals surface area contributed by atoms with Gasteiger partial charge in [0, 0.05) is 36.8 Å². The fraction of sp³-hybridized carbons (Fsp3) is 0.364. The molecular weight excluding hydrogens is 392 g/mol. The first kappa shape index (κ1) is 21.1. The largest absolute Gasteiger partial charge is 0.460 e. The normalized spacial score (nSPS) is 14.9. The number of rotatable bonds is 6. The molecule has 1 heterocycles. The summed E-state index contributed by atoms with van der Waals surface area (Å²) in [6.07, 6.45) is 0.408. The molecule has 0 spiro atoms. The summed E-state index contributed by atoms with van der Waals surface area (Å²) < 4.78 is 10.7. The monoisotopic (exact) mass is 416 g/mol. The average Bonchev–Trinajstić information content (AvgIpc) is 2.98. The first-order valence-corrected chi connectivity index (χ1v) is 10.1. The van der Waals surface area contributed by atoms with Crippen molar-refractivity contribution in [2.75, 3.05) is 32.7 Å². The number of benzene rings is 2. The van der Waals surface area contributed by atoms with Gasteiger partial charge in [-0.1, -0.05) is 60.1 Å². The van der Waals surface area contributed by atoms with Gasteiger partial charge in [-0.05, 0) is 18.1 Å². The molecule has 0 aromatic heterocycles. The molecule has 0 saturated carbocycles. The van der Waals surface area contributed by atoms with Crippen LogP contribution in [0.4, 0.5) is 4.79 Å². The highest BCUT2D eigenvalue weighted by molar-refractivity contribution is 6.31. The Balaban J connectivity index is 1.40. The molecule has 0 N–H and O–H groups in total. The number of hydrogen-bond acceptors (Lipinski definition) is 5. The van der Waals surface area contributed by atoms with Gasteiger partial charge in [0.05, 0.1) is 6.54 Å². The summed E-state index contributed by atoms with van der Waals surface area (Å²) in [5.41, 5.74) is 1.74. The van der Waals surface area contributed by atoms with Crippen LogP contribution in [0.15, 0.2) is 54.6 Å². The second-order valence-electron chi connectivity index (χ2n) is 6.91. The van der Waals surface area contributed by atoms with Gasteiger partial charge in [-0.2, -0.15) is 0 Å². The van der Waals surface area contributed by atoms with E-state index in [0.717, 1.165) is 24.1 Å². The number of amides is 1. The molecule has 154 valence electrons. The lowest BCUT2D eigenvalue weighted by Gasteiger charge is -2.21. The summed E-state index contributed by atoms with van der Waals surface area (Å²) in [7, 11) is 0. The van der Waals surface area contributed by atoms with Crippen LogP contribution in [0.1, 0.15) is 17.5 Å². The van der Waals surface area contributed by atoms with E-state index in [9.17, 15) is 9.59 Å². The number of hydrogen-bond donors (Lipinski definition) is 0. The molecule has 1 fully saturated rings. The van der Waals surface area contributed by atoms with Gasteiger partial charge in [0.15, 0.2) is 0 Å². The maximum Gasteiger partial charge on any atom is 0.410 e. The van der Waals surface area contributed by atoms with Crippen molar-refractivity contribution in [3.63, 3.8) is 0 Å². The summed E-state index contributed by atoms with van der Waals surface area (Å²) >= 11 is 6.10. The van der Waals surface area contributed by atoms with Crippen LogP contribution in [0.25, 0.3) is 0 Å². The molecule has 1 aliphatic rings. The van der Waals surface area contributed by atoms with Gasteiger partial charge >= 0.3 is 12.1 Å². The highest BCUT2D eigenvalue weighted by Crippen LogP contribution is 2.16. The average molecular weight is 417 g/mol. The number of carbonyl (C=O) groups is 2. The lowest BCUT2D eigenvalue weighted by atomic mass is 10.2. The molecule has 6 nitrogen and oxygen atoms in total. The highest BCUT2D eigenvalue weighted by atomic mass is 35.5. The van der Waals surface area contributed by atoms with E-state index in [0.29, 0.717) is 24.7 Å². The second kappa shape index (κ2) is 10.8. The van der Waals surface area contributed by atoms with E-state index in [-0.39, 0.29) is 31.8 Å². The van der Waals surface area contributed by atoms with Crippen molar-refractivity contribution in [3.05, 3.63) is 70.7 Å². The van der Waals surface area contributed by atoms with E-state index >= 15 is 0 Å². The minimum absolute atomic E-state index is 0.143. The molecule has 0 aliphatic carbocycles. The van der Waals surface area contributed by atoms with E-state index in [1.807, 2.05) is 53.4 Å². The van der Waals surface area contributed by atoms with Crippen molar-refractivity contribution >= 4 is 23.7 Å². The summed E-state index contributed by atoms with van der Waals surface area (Å²) in [5.74, 6) is -0.261. The van der Waals surface area contributed by atoms with Crippen molar-refractivity contribution in [2.24, 2.45) is 0 Å². The van der Waals surface area contributed by atoms with Crippen LogP contribution in [0.2, 0.25) is 5.02 Å². The lowest BCUT2D eigenvalue weighted by Crippen LogP contribution is -2.37. The zero-order valence-corrected chi connectivity index (χ0v) is 17.0. The van der Waals surface area contributed by atoms with Crippen LogP contribution in [0.3, 0.4) is 0 Å². The second-order valence-corrected chi connectivity index (χ2v) is 7.32.